The molecular weight excluding hydrogens is 414 g/mol. The maximum atomic E-state index is 13.5. The first-order chi connectivity index (χ1) is 14.4. The Bertz CT molecular complexity index is 1200. The van der Waals surface area contributed by atoms with Crippen molar-refractivity contribution in [2.75, 3.05) is 4.90 Å². The quantitative estimate of drug-likeness (QED) is 0.383. The molecule has 152 valence electrons. The lowest BCUT2D eigenvalue weighted by atomic mass is 9.97. The van der Waals surface area contributed by atoms with Gasteiger partial charge < -0.3 is 0 Å². The summed E-state index contributed by atoms with van der Waals surface area (Å²) in [4.78, 5) is 24.2. The summed E-state index contributed by atoms with van der Waals surface area (Å²) in [5, 5.41) is 1.33. The monoisotopic (exact) mass is 435 g/mol. The molecule has 0 N–H and O–H groups in total. The standard InChI is InChI=1S/C24H22ClN3OS/c1-15-9-16(2)20(17(3)10-15)12-23(29)28(14-18-5-4-8-26-13-18)24-27-21-7-6-19(25)11-22(21)30-24/h4-11,13H,12,14H2,1-3H3. The van der Waals surface area contributed by atoms with Crippen LogP contribution in [0, 0.1) is 20.8 Å². The number of halogens is 1. The van der Waals surface area contributed by atoms with Gasteiger partial charge in [0.05, 0.1) is 23.2 Å². The number of aryl methyl sites for hydroxylation is 3. The first kappa shape index (κ1) is 20.5. The van der Waals surface area contributed by atoms with Crippen molar-refractivity contribution in [1.29, 1.82) is 0 Å². The van der Waals surface area contributed by atoms with E-state index in [1.54, 1.807) is 17.3 Å². The number of hydrogen-bond donors (Lipinski definition) is 0. The molecule has 0 unspecified atom stereocenters. The Morgan fingerprint density at radius 2 is 1.87 bits per heavy atom. The van der Waals surface area contributed by atoms with Gasteiger partial charge in [0.1, 0.15) is 0 Å². The molecule has 4 rings (SSSR count). The molecule has 0 atom stereocenters. The molecule has 0 aliphatic rings. The molecule has 2 aromatic carbocycles. The molecule has 2 heterocycles. The minimum absolute atomic E-state index is 0.0130. The molecule has 0 radical (unpaired) electrons. The van der Waals surface area contributed by atoms with E-state index < -0.39 is 0 Å². The van der Waals surface area contributed by atoms with Gasteiger partial charge in [-0.3, -0.25) is 14.7 Å². The van der Waals surface area contributed by atoms with Crippen LogP contribution in [-0.2, 0) is 17.8 Å². The molecule has 6 heteroatoms. The summed E-state index contributed by atoms with van der Waals surface area (Å²) in [7, 11) is 0. The maximum Gasteiger partial charge on any atom is 0.233 e. The maximum absolute atomic E-state index is 13.5. The number of anilines is 1. The first-order valence-electron chi connectivity index (χ1n) is 9.73. The van der Waals surface area contributed by atoms with E-state index in [9.17, 15) is 4.79 Å². The highest BCUT2D eigenvalue weighted by Gasteiger charge is 2.22. The molecule has 4 nitrogen and oxygen atoms in total. The third-order valence-corrected chi connectivity index (χ3v) is 6.38. The third kappa shape index (κ3) is 4.37. The summed E-state index contributed by atoms with van der Waals surface area (Å²) in [5.41, 5.74) is 6.35. The number of rotatable bonds is 5. The van der Waals surface area contributed by atoms with E-state index in [2.05, 4.69) is 37.9 Å². The number of aromatic nitrogens is 2. The Morgan fingerprint density at radius 3 is 2.57 bits per heavy atom. The van der Waals surface area contributed by atoms with Crippen molar-refractivity contribution >= 4 is 44.2 Å². The SMILES string of the molecule is Cc1cc(C)c(CC(=O)N(Cc2cccnc2)c2nc3ccc(Cl)cc3s2)c(C)c1. The van der Waals surface area contributed by atoms with E-state index >= 15 is 0 Å². The average molecular weight is 436 g/mol. The number of nitrogens with zero attached hydrogens (tertiary/aromatic N) is 3. The van der Waals surface area contributed by atoms with Crippen LogP contribution in [0.4, 0.5) is 5.13 Å². The number of pyridine rings is 1. The van der Waals surface area contributed by atoms with Crippen molar-refractivity contribution in [3.05, 3.63) is 87.7 Å². The Balaban J connectivity index is 1.71. The van der Waals surface area contributed by atoms with Gasteiger partial charge in [0.25, 0.3) is 0 Å². The Morgan fingerprint density at radius 1 is 1.10 bits per heavy atom. The predicted molar refractivity (Wildman–Crippen MR) is 124 cm³/mol. The molecule has 0 aliphatic carbocycles. The van der Waals surface area contributed by atoms with Crippen LogP contribution in [0.1, 0.15) is 27.8 Å². The predicted octanol–water partition coefficient (Wildman–Crippen LogP) is 6.05. The lowest BCUT2D eigenvalue weighted by molar-refractivity contribution is -0.118. The van der Waals surface area contributed by atoms with E-state index in [-0.39, 0.29) is 5.91 Å². The van der Waals surface area contributed by atoms with Crippen molar-refractivity contribution in [3.63, 3.8) is 0 Å². The highest BCUT2D eigenvalue weighted by Crippen LogP contribution is 2.32. The molecule has 0 spiro atoms. The molecule has 4 aromatic rings. The second-order valence-electron chi connectivity index (χ2n) is 7.50. The molecule has 0 saturated carbocycles. The molecule has 2 aromatic heterocycles. The van der Waals surface area contributed by atoms with Crippen LogP contribution >= 0.6 is 22.9 Å². The van der Waals surface area contributed by atoms with Crippen molar-refractivity contribution in [3.8, 4) is 0 Å². The van der Waals surface area contributed by atoms with Gasteiger partial charge in [-0.25, -0.2) is 4.98 Å². The zero-order chi connectivity index (χ0) is 21.3. The van der Waals surface area contributed by atoms with Crippen LogP contribution in [0.15, 0.2) is 54.9 Å². The number of amides is 1. The highest BCUT2D eigenvalue weighted by atomic mass is 35.5. The number of fused-ring (bicyclic) bond motifs is 1. The molecule has 30 heavy (non-hydrogen) atoms. The van der Waals surface area contributed by atoms with E-state index in [0.717, 1.165) is 32.5 Å². The van der Waals surface area contributed by atoms with Crippen LogP contribution in [0.3, 0.4) is 0 Å². The van der Waals surface area contributed by atoms with Crippen molar-refractivity contribution in [1.82, 2.24) is 9.97 Å². The zero-order valence-electron chi connectivity index (χ0n) is 17.1. The molecule has 1 amide bonds. The fourth-order valence-electron chi connectivity index (χ4n) is 3.67. The smallest absolute Gasteiger partial charge is 0.233 e. The number of thiazole rings is 1. The van der Waals surface area contributed by atoms with Gasteiger partial charge in [0, 0.05) is 17.4 Å². The zero-order valence-corrected chi connectivity index (χ0v) is 18.7. The van der Waals surface area contributed by atoms with Gasteiger partial charge in [-0.05, 0) is 67.3 Å². The number of carbonyl (C=O) groups excluding carboxylic acids is 1. The third-order valence-electron chi connectivity index (χ3n) is 5.10. The largest absolute Gasteiger partial charge is 0.283 e. The fourth-order valence-corrected chi connectivity index (χ4v) is 4.93. The number of benzene rings is 2. The van der Waals surface area contributed by atoms with Gasteiger partial charge in [-0.15, -0.1) is 0 Å². The van der Waals surface area contributed by atoms with Gasteiger partial charge in [-0.1, -0.05) is 46.7 Å². The molecule has 0 fully saturated rings. The van der Waals surface area contributed by atoms with Crippen molar-refractivity contribution in [2.24, 2.45) is 0 Å². The second-order valence-corrected chi connectivity index (χ2v) is 8.95. The first-order valence-corrected chi connectivity index (χ1v) is 10.9. The van der Waals surface area contributed by atoms with Crippen LogP contribution < -0.4 is 4.90 Å². The van der Waals surface area contributed by atoms with E-state index in [1.165, 1.54) is 16.9 Å². The summed E-state index contributed by atoms with van der Waals surface area (Å²) in [6, 6.07) is 13.7. The topological polar surface area (TPSA) is 46.1 Å². The highest BCUT2D eigenvalue weighted by molar-refractivity contribution is 7.22. The summed E-state index contributed by atoms with van der Waals surface area (Å²) in [6.07, 6.45) is 3.84. The minimum Gasteiger partial charge on any atom is -0.283 e. The van der Waals surface area contributed by atoms with Crippen LogP contribution in [0.2, 0.25) is 5.02 Å². The summed E-state index contributed by atoms with van der Waals surface area (Å²) >= 11 is 7.62. The van der Waals surface area contributed by atoms with Gasteiger partial charge >= 0.3 is 0 Å². The Kier molecular flexibility index (Phi) is 5.84. The second kappa shape index (κ2) is 8.54. The van der Waals surface area contributed by atoms with Crippen LogP contribution in [-0.4, -0.2) is 15.9 Å². The normalized spacial score (nSPS) is 11.1. The van der Waals surface area contributed by atoms with Crippen molar-refractivity contribution < 1.29 is 4.79 Å². The number of carbonyl (C=O) groups is 1. The molecule has 0 aliphatic heterocycles. The lowest BCUT2D eigenvalue weighted by Gasteiger charge is -2.21. The van der Waals surface area contributed by atoms with E-state index in [1.807, 2.05) is 30.3 Å². The minimum atomic E-state index is 0.0130. The van der Waals surface area contributed by atoms with Crippen molar-refractivity contribution in [2.45, 2.75) is 33.7 Å². The fraction of sp³-hybridized carbons (Fsp3) is 0.208. The summed E-state index contributed by atoms with van der Waals surface area (Å²) < 4.78 is 0.962. The number of hydrogen-bond acceptors (Lipinski definition) is 4. The van der Waals surface area contributed by atoms with Gasteiger partial charge in [-0.2, -0.15) is 0 Å². The van der Waals surface area contributed by atoms with E-state index in [0.29, 0.717) is 23.1 Å². The van der Waals surface area contributed by atoms with Crippen LogP contribution in [0.5, 0.6) is 0 Å². The van der Waals surface area contributed by atoms with Gasteiger partial charge in [0.2, 0.25) is 5.91 Å². The molecular formula is C24H22ClN3OS. The Hall–Kier alpha value is -2.76. The van der Waals surface area contributed by atoms with Gasteiger partial charge in [0.15, 0.2) is 5.13 Å². The van der Waals surface area contributed by atoms with Crippen LogP contribution in [0.25, 0.3) is 10.2 Å². The average Bonchev–Trinajstić information content (AvgIpc) is 3.12. The lowest BCUT2D eigenvalue weighted by Crippen LogP contribution is -2.32. The van der Waals surface area contributed by atoms with E-state index in [4.69, 9.17) is 16.6 Å². The summed E-state index contributed by atoms with van der Waals surface area (Å²) in [6.45, 7) is 6.62. The summed E-state index contributed by atoms with van der Waals surface area (Å²) in [5.74, 6) is 0.0130. The molecule has 0 bridgehead atoms. The molecule has 0 saturated heterocycles. The Labute approximate surface area is 185 Å².